The number of benzene rings is 2. The molecule has 0 saturated heterocycles. The van der Waals surface area contributed by atoms with Crippen LogP contribution in [0.3, 0.4) is 0 Å². The summed E-state index contributed by atoms with van der Waals surface area (Å²) in [5, 5.41) is 8.58. The molecule has 2 aromatic carbocycles. The number of carbonyl (C=O) groups excluding carboxylic acids is 1. The molecule has 1 amide bonds. The van der Waals surface area contributed by atoms with Crippen LogP contribution in [0.5, 0.6) is 5.75 Å². The van der Waals surface area contributed by atoms with Crippen LogP contribution in [0.1, 0.15) is 24.0 Å². The van der Waals surface area contributed by atoms with E-state index in [1.54, 1.807) is 37.4 Å². The van der Waals surface area contributed by atoms with Gasteiger partial charge in [0.25, 0.3) is 0 Å². The molecule has 150 valence electrons. The maximum absolute atomic E-state index is 12.7. The molecule has 0 radical (unpaired) electrons. The lowest BCUT2D eigenvalue weighted by Gasteiger charge is -2.18. The number of carboxylic acid groups (broad SMARTS) is 1. The first kappa shape index (κ1) is 21.3. The van der Waals surface area contributed by atoms with E-state index in [9.17, 15) is 22.8 Å². The molecular formula is C20H20F3NO4. The van der Waals surface area contributed by atoms with Crippen LogP contribution < -0.4 is 9.64 Å². The highest BCUT2D eigenvalue weighted by Crippen LogP contribution is 2.29. The van der Waals surface area contributed by atoms with Crippen LogP contribution in [0.25, 0.3) is 0 Å². The topological polar surface area (TPSA) is 66.8 Å². The summed E-state index contributed by atoms with van der Waals surface area (Å²) in [4.78, 5) is 24.2. The molecule has 0 unspecified atom stereocenters. The Morgan fingerprint density at radius 2 is 1.79 bits per heavy atom. The van der Waals surface area contributed by atoms with E-state index in [-0.39, 0.29) is 12.3 Å². The largest absolute Gasteiger partial charge is 0.482 e. The molecule has 0 heterocycles. The lowest BCUT2D eigenvalue weighted by Crippen LogP contribution is -2.25. The smallest absolute Gasteiger partial charge is 0.416 e. The summed E-state index contributed by atoms with van der Waals surface area (Å²) in [6.45, 7) is -0.455. The van der Waals surface area contributed by atoms with Crippen LogP contribution in [0.2, 0.25) is 0 Å². The molecule has 0 atom stereocenters. The summed E-state index contributed by atoms with van der Waals surface area (Å²) >= 11 is 0. The van der Waals surface area contributed by atoms with Gasteiger partial charge in [0.05, 0.1) is 5.56 Å². The molecule has 1 N–H and O–H groups in total. The molecule has 0 aliphatic rings. The number of anilines is 1. The fourth-order valence-corrected chi connectivity index (χ4v) is 2.57. The van der Waals surface area contributed by atoms with Gasteiger partial charge in [-0.05, 0) is 48.7 Å². The summed E-state index contributed by atoms with van der Waals surface area (Å²) in [7, 11) is 1.60. The van der Waals surface area contributed by atoms with Gasteiger partial charge in [0.15, 0.2) is 6.61 Å². The maximum atomic E-state index is 12.7. The fraction of sp³-hybridized carbons (Fsp3) is 0.300. The third-order valence-electron chi connectivity index (χ3n) is 4.07. The average molecular weight is 395 g/mol. The second kappa shape index (κ2) is 9.25. The summed E-state index contributed by atoms with van der Waals surface area (Å²) in [5.41, 5.74) is 0.440. The number of nitrogens with zero attached hydrogens (tertiary/aromatic N) is 1. The lowest BCUT2D eigenvalue weighted by atomic mass is 10.0. The Labute approximate surface area is 160 Å². The number of hydrogen-bond donors (Lipinski definition) is 1. The van der Waals surface area contributed by atoms with Gasteiger partial charge in [0.1, 0.15) is 5.75 Å². The third kappa shape index (κ3) is 6.29. The monoisotopic (exact) mass is 395 g/mol. The average Bonchev–Trinajstić information content (AvgIpc) is 2.65. The van der Waals surface area contributed by atoms with E-state index < -0.39 is 24.3 Å². The van der Waals surface area contributed by atoms with Gasteiger partial charge in [-0.3, -0.25) is 4.79 Å². The van der Waals surface area contributed by atoms with E-state index in [0.29, 0.717) is 29.8 Å². The first-order valence-electron chi connectivity index (χ1n) is 8.54. The quantitative estimate of drug-likeness (QED) is 0.729. The molecule has 5 nitrogen and oxygen atoms in total. The third-order valence-corrected chi connectivity index (χ3v) is 4.07. The van der Waals surface area contributed by atoms with Gasteiger partial charge in [-0.1, -0.05) is 18.2 Å². The van der Waals surface area contributed by atoms with Crippen LogP contribution >= 0.6 is 0 Å². The molecule has 0 saturated carbocycles. The van der Waals surface area contributed by atoms with Crippen LogP contribution in [0.4, 0.5) is 18.9 Å². The van der Waals surface area contributed by atoms with Crippen molar-refractivity contribution in [2.75, 3.05) is 18.6 Å². The van der Waals surface area contributed by atoms with Crippen LogP contribution in [-0.4, -0.2) is 30.6 Å². The SMILES string of the molecule is CN(C(=O)CCCc1cccc(C(F)(F)F)c1)c1ccc(OCC(=O)O)cc1. The van der Waals surface area contributed by atoms with Gasteiger partial charge in [0, 0.05) is 19.2 Å². The van der Waals surface area contributed by atoms with Gasteiger partial charge in [0.2, 0.25) is 5.91 Å². The number of ether oxygens (including phenoxy) is 1. The zero-order chi connectivity index (χ0) is 20.7. The van der Waals surface area contributed by atoms with E-state index in [0.717, 1.165) is 12.1 Å². The Morgan fingerprint density at radius 1 is 1.11 bits per heavy atom. The molecule has 0 fully saturated rings. The number of aliphatic carboxylic acids is 1. The fourth-order valence-electron chi connectivity index (χ4n) is 2.57. The molecule has 28 heavy (non-hydrogen) atoms. The summed E-state index contributed by atoms with van der Waals surface area (Å²) in [6, 6.07) is 11.5. The van der Waals surface area contributed by atoms with E-state index >= 15 is 0 Å². The Hall–Kier alpha value is -3.03. The first-order chi connectivity index (χ1) is 13.2. The minimum Gasteiger partial charge on any atom is -0.482 e. The van der Waals surface area contributed by atoms with Gasteiger partial charge in [-0.15, -0.1) is 0 Å². The van der Waals surface area contributed by atoms with Crippen molar-refractivity contribution in [2.24, 2.45) is 0 Å². The van der Waals surface area contributed by atoms with Crippen molar-refractivity contribution in [2.45, 2.75) is 25.4 Å². The number of aryl methyl sites for hydroxylation is 1. The molecule has 2 rings (SSSR count). The first-order valence-corrected chi connectivity index (χ1v) is 8.54. The van der Waals surface area contributed by atoms with Crippen molar-refractivity contribution in [1.29, 1.82) is 0 Å². The lowest BCUT2D eigenvalue weighted by molar-refractivity contribution is -0.139. The minimum atomic E-state index is -4.38. The number of rotatable bonds is 8. The minimum absolute atomic E-state index is 0.175. The van der Waals surface area contributed by atoms with Gasteiger partial charge < -0.3 is 14.7 Å². The summed E-state index contributed by atoms with van der Waals surface area (Å²) in [6.07, 6.45) is -3.41. The predicted molar refractivity (Wildman–Crippen MR) is 97.4 cm³/mol. The normalized spacial score (nSPS) is 11.1. The molecule has 0 spiro atoms. The Kier molecular flexibility index (Phi) is 7.03. The number of halogens is 3. The van der Waals surface area contributed by atoms with Crippen molar-refractivity contribution in [3.05, 3.63) is 59.7 Å². The van der Waals surface area contributed by atoms with Crippen LogP contribution in [0.15, 0.2) is 48.5 Å². The number of alkyl halides is 3. The zero-order valence-electron chi connectivity index (χ0n) is 15.2. The van der Waals surface area contributed by atoms with Crippen molar-refractivity contribution in [1.82, 2.24) is 0 Å². The maximum Gasteiger partial charge on any atom is 0.416 e. The van der Waals surface area contributed by atoms with E-state index in [1.165, 1.54) is 11.0 Å². The molecule has 0 aromatic heterocycles. The Balaban J connectivity index is 1.86. The number of hydrogen-bond acceptors (Lipinski definition) is 3. The van der Waals surface area contributed by atoms with E-state index in [4.69, 9.17) is 9.84 Å². The van der Waals surface area contributed by atoms with E-state index in [1.807, 2.05) is 0 Å². The van der Waals surface area contributed by atoms with Crippen LogP contribution in [-0.2, 0) is 22.2 Å². The van der Waals surface area contributed by atoms with Crippen molar-refractivity contribution in [3.63, 3.8) is 0 Å². The molecule has 2 aromatic rings. The molecule has 8 heteroatoms. The highest BCUT2D eigenvalue weighted by Gasteiger charge is 2.30. The van der Waals surface area contributed by atoms with Gasteiger partial charge >= 0.3 is 12.1 Å². The highest BCUT2D eigenvalue weighted by molar-refractivity contribution is 5.92. The van der Waals surface area contributed by atoms with Crippen molar-refractivity contribution >= 4 is 17.6 Å². The second-order valence-corrected chi connectivity index (χ2v) is 6.18. The van der Waals surface area contributed by atoms with E-state index in [2.05, 4.69) is 0 Å². The Morgan fingerprint density at radius 3 is 2.39 bits per heavy atom. The molecular weight excluding hydrogens is 375 g/mol. The number of carbonyl (C=O) groups is 2. The molecule has 0 aliphatic heterocycles. The van der Waals surface area contributed by atoms with Crippen LogP contribution in [0, 0.1) is 0 Å². The predicted octanol–water partition coefficient (Wildman–Crippen LogP) is 4.15. The van der Waals surface area contributed by atoms with Gasteiger partial charge in [-0.25, -0.2) is 4.79 Å². The standard InChI is InChI=1S/C20H20F3NO4/c1-24(16-8-10-17(11-9-16)28-13-19(26)27)18(25)7-3-5-14-4-2-6-15(12-14)20(21,22)23/h2,4,6,8-12H,3,5,7,13H2,1H3,(H,26,27). The van der Waals surface area contributed by atoms with Crippen molar-refractivity contribution < 1.29 is 32.6 Å². The Bertz CT molecular complexity index is 819. The summed E-state index contributed by atoms with van der Waals surface area (Å²) < 4.78 is 43.2. The zero-order valence-corrected chi connectivity index (χ0v) is 15.2. The molecule has 0 bridgehead atoms. The molecule has 0 aliphatic carbocycles. The summed E-state index contributed by atoms with van der Waals surface area (Å²) in [5.74, 6) is -0.889. The highest BCUT2D eigenvalue weighted by atomic mass is 19.4. The second-order valence-electron chi connectivity index (χ2n) is 6.18. The van der Waals surface area contributed by atoms with Crippen molar-refractivity contribution in [3.8, 4) is 5.75 Å². The van der Waals surface area contributed by atoms with Gasteiger partial charge in [-0.2, -0.15) is 13.2 Å². The number of amides is 1. The number of carboxylic acids is 1.